The Balaban J connectivity index is 1.81. The minimum atomic E-state index is 0.0854. The maximum Gasteiger partial charge on any atom is 0.232 e. The van der Waals surface area contributed by atoms with Crippen LogP contribution in [0.25, 0.3) is 0 Å². The zero-order valence-corrected chi connectivity index (χ0v) is 11.7. The van der Waals surface area contributed by atoms with Gasteiger partial charge in [0.05, 0.1) is 5.75 Å². The number of piperidine rings is 2. The van der Waals surface area contributed by atoms with Crippen LogP contribution in [-0.4, -0.2) is 53.5 Å². The van der Waals surface area contributed by atoms with E-state index < -0.39 is 0 Å². The molecular weight excluding hydrogens is 248 g/mol. The molecule has 2 aliphatic rings. The van der Waals surface area contributed by atoms with Gasteiger partial charge >= 0.3 is 0 Å². The first-order valence-corrected chi connectivity index (χ1v) is 7.53. The highest BCUT2D eigenvalue weighted by Gasteiger charge is 2.30. The topological polar surface area (TPSA) is 40.6 Å². The summed E-state index contributed by atoms with van der Waals surface area (Å²) < 4.78 is 0. The third-order valence-corrected chi connectivity index (χ3v) is 4.27. The first kappa shape index (κ1) is 13.7. The largest absolute Gasteiger partial charge is 0.342 e. The molecule has 4 nitrogen and oxygen atoms in total. The van der Waals surface area contributed by atoms with Crippen LogP contribution in [0.2, 0.25) is 0 Å². The van der Waals surface area contributed by atoms with Crippen molar-refractivity contribution < 1.29 is 9.59 Å². The van der Waals surface area contributed by atoms with Gasteiger partial charge in [0.25, 0.3) is 0 Å². The summed E-state index contributed by atoms with van der Waals surface area (Å²) in [7, 11) is 0. The van der Waals surface area contributed by atoms with E-state index >= 15 is 0 Å². The number of thiol groups is 1. The van der Waals surface area contributed by atoms with Gasteiger partial charge in [-0.3, -0.25) is 9.59 Å². The number of likely N-dealkylation sites (tertiary alicyclic amines) is 2. The van der Waals surface area contributed by atoms with Crippen molar-refractivity contribution in [2.24, 2.45) is 5.92 Å². The maximum absolute atomic E-state index is 12.3. The Morgan fingerprint density at radius 3 is 2.11 bits per heavy atom. The molecule has 0 atom stereocenters. The fourth-order valence-corrected chi connectivity index (χ4v) is 3.05. The third-order valence-electron chi connectivity index (χ3n) is 4.00. The summed E-state index contributed by atoms with van der Waals surface area (Å²) in [6.45, 7) is 3.27. The number of carbonyl (C=O) groups excluding carboxylic acids is 2. The molecule has 2 aliphatic heterocycles. The lowest BCUT2D eigenvalue weighted by atomic mass is 9.94. The van der Waals surface area contributed by atoms with Crippen molar-refractivity contribution in [1.82, 2.24) is 9.80 Å². The Kier molecular flexibility index (Phi) is 4.92. The SMILES string of the molecule is O=C(CS)N1CCC(C(=O)N2CCCCC2)CC1. The molecule has 0 spiro atoms. The Morgan fingerprint density at radius 1 is 0.944 bits per heavy atom. The van der Waals surface area contributed by atoms with Gasteiger partial charge in [0.15, 0.2) is 0 Å². The molecule has 0 saturated carbocycles. The number of hydrogen-bond donors (Lipinski definition) is 1. The van der Waals surface area contributed by atoms with Crippen LogP contribution in [0.3, 0.4) is 0 Å². The summed E-state index contributed by atoms with van der Waals surface area (Å²) >= 11 is 4.01. The number of hydrogen-bond acceptors (Lipinski definition) is 3. The molecule has 2 fully saturated rings. The minimum absolute atomic E-state index is 0.0854. The first-order chi connectivity index (χ1) is 8.72. The first-order valence-electron chi connectivity index (χ1n) is 6.90. The third kappa shape index (κ3) is 3.19. The van der Waals surface area contributed by atoms with Gasteiger partial charge in [0.1, 0.15) is 0 Å². The highest BCUT2D eigenvalue weighted by Crippen LogP contribution is 2.22. The van der Waals surface area contributed by atoms with E-state index in [1.165, 1.54) is 6.42 Å². The van der Waals surface area contributed by atoms with Gasteiger partial charge in [-0.05, 0) is 32.1 Å². The normalized spacial score (nSPS) is 22.1. The fourth-order valence-electron chi connectivity index (χ4n) is 2.85. The second-order valence-corrected chi connectivity index (χ2v) is 5.52. The molecule has 0 aromatic carbocycles. The molecule has 2 amide bonds. The molecule has 2 heterocycles. The zero-order valence-electron chi connectivity index (χ0n) is 10.8. The van der Waals surface area contributed by atoms with Crippen LogP contribution in [-0.2, 0) is 9.59 Å². The molecular formula is C13H22N2O2S. The quantitative estimate of drug-likeness (QED) is 0.765. The summed E-state index contributed by atoms with van der Waals surface area (Å²) in [5.74, 6) is 0.798. The Hall–Kier alpha value is -0.710. The van der Waals surface area contributed by atoms with E-state index in [0.717, 1.165) is 38.8 Å². The summed E-state index contributed by atoms with van der Waals surface area (Å²) in [6.07, 6.45) is 5.16. The predicted molar refractivity (Wildman–Crippen MR) is 73.6 cm³/mol. The number of amides is 2. The monoisotopic (exact) mass is 270 g/mol. The molecule has 0 N–H and O–H groups in total. The van der Waals surface area contributed by atoms with E-state index in [2.05, 4.69) is 12.6 Å². The Morgan fingerprint density at radius 2 is 1.56 bits per heavy atom. The molecule has 102 valence electrons. The van der Waals surface area contributed by atoms with Crippen molar-refractivity contribution in [3.8, 4) is 0 Å². The number of rotatable bonds is 2. The molecule has 0 aromatic rings. The molecule has 5 heteroatoms. The average molecular weight is 270 g/mol. The minimum Gasteiger partial charge on any atom is -0.342 e. The molecule has 0 radical (unpaired) electrons. The van der Waals surface area contributed by atoms with Crippen molar-refractivity contribution in [3.63, 3.8) is 0 Å². The van der Waals surface area contributed by atoms with Gasteiger partial charge in [0.2, 0.25) is 11.8 Å². The summed E-state index contributed by atoms with van der Waals surface area (Å²) in [5, 5.41) is 0. The zero-order chi connectivity index (χ0) is 13.0. The van der Waals surface area contributed by atoms with Gasteiger partial charge in [-0.2, -0.15) is 12.6 Å². The molecule has 2 rings (SSSR count). The van der Waals surface area contributed by atoms with E-state index in [4.69, 9.17) is 0 Å². The van der Waals surface area contributed by atoms with Crippen LogP contribution in [0, 0.1) is 5.92 Å². The van der Waals surface area contributed by atoms with Crippen molar-refractivity contribution in [2.45, 2.75) is 32.1 Å². The lowest BCUT2D eigenvalue weighted by Gasteiger charge is -2.35. The second-order valence-electron chi connectivity index (χ2n) is 5.20. The van der Waals surface area contributed by atoms with Crippen LogP contribution in [0.5, 0.6) is 0 Å². The van der Waals surface area contributed by atoms with Gasteiger partial charge in [-0.15, -0.1) is 0 Å². The van der Waals surface area contributed by atoms with E-state index in [-0.39, 0.29) is 17.6 Å². The smallest absolute Gasteiger partial charge is 0.232 e. The second kappa shape index (κ2) is 6.45. The number of nitrogens with zero attached hydrogens (tertiary/aromatic N) is 2. The van der Waals surface area contributed by atoms with Crippen LogP contribution in [0.1, 0.15) is 32.1 Å². The summed E-state index contributed by atoms with van der Waals surface area (Å²) in [4.78, 5) is 27.7. The standard InChI is InChI=1S/C13H22N2O2S/c16-12(10-18)14-8-4-11(5-9-14)13(17)15-6-2-1-3-7-15/h11,18H,1-10H2. The van der Waals surface area contributed by atoms with Crippen LogP contribution in [0.15, 0.2) is 0 Å². The van der Waals surface area contributed by atoms with E-state index in [1.54, 1.807) is 0 Å². The fraction of sp³-hybridized carbons (Fsp3) is 0.846. The van der Waals surface area contributed by atoms with Crippen molar-refractivity contribution >= 4 is 24.4 Å². The van der Waals surface area contributed by atoms with Gasteiger partial charge in [-0.1, -0.05) is 0 Å². The summed E-state index contributed by atoms with van der Waals surface area (Å²) in [5.41, 5.74) is 0. The van der Waals surface area contributed by atoms with Crippen molar-refractivity contribution in [1.29, 1.82) is 0 Å². The van der Waals surface area contributed by atoms with Crippen LogP contribution >= 0.6 is 12.6 Å². The van der Waals surface area contributed by atoms with Crippen LogP contribution in [0.4, 0.5) is 0 Å². The van der Waals surface area contributed by atoms with Gasteiger partial charge in [0, 0.05) is 32.1 Å². The molecule has 0 unspecified atom stereocenters. The average Bonchev–Trinajstić information content (AvgIpc) is 2.47. The van der Waals surface area contributed by atoms with E-state index in [9.17, 15) is 9.59 Å². The Labute approximate surface area is 114 Å². The maximum atomic E-state index is 12.3. The molecule has 0 aromatic heterocycles. The lowest BCUT2D eigenvalue weighted by molar-refractivity contribution is -0.140. The molecule has 0 bridgehead atoms. The highest BCUT2D eigenvalue weighted by molar-refractivity contribution is 7.81. The highest BCUT2D eigenvalue weighted by atomic mass is 32.1. The predicted octanol–water partition coefficient (Wildman–Crippen LogP) is 1.17. The van der Waals surface area contributed by atoms with Crippen molar-refractivity contribution in [2.75, 3.05) is 31.9 Å². The van der Waals surface area contributed by atoms with Crippen molar-refractivity contribution in [3.05, 3.63) is 0 Å². The Bertz CT molecular complexity index is 308. The van der Waals surface area contributed by atoms with E-state index in [0.29, 0.717) is 19.0 Å². The van der Waals surface area contributed by atoms with E-state index in [1.807, 2.05) is 9.80 Å². The van der Waals surface area contributed by atoms with Gasteiger partial charge in [-0.25, -0.2) is 0 Å². The van der Waals surface area contributed by atoms with Crippen LogP contribution < -0.4 is 0 Å². The molecule has 18 heavy (non-hydrogen) atoms. The summed E-state index contributed by atoms with van der Waals surface area (Å²) in [6, 6.07) is 0. The number of carbonyl (C=O) groups is 2. The molecule has 0 aliphatic carbocycles. The van der Waals surface area contributed by atoms with Gasteiger partial charge < -0.3 is 9.80 Å². The molecule has 2 saturated heterocycles. The lowest BCUT2D eigenvalue weighted by Crippen LogP contribution is -2.46.